The van der Waals surface area contributed by atoms with Crippen LogP contribution in [0.1, 0.15) is 64.6 Å². The molecule has 3 aliphatic rings. The first kappa shape index (κ1) is 28.0. The van der Waals surface area contributed by atoms with Gasteiger partial charge in [0.05, 0.1) is 12.6 Å². The lowest BCUT2D eigenvalue weighted by Crippen LogP contribution is -2.62. The summed E-state index contributed by atoms with van der Waals surface area (Å²) in [4.78, 5) is 42.1. The molecular formula is C30H40N8O4. The molecule has 224 valence electrons. The topological polar surface area (TPSA) is 118 Å². The van der Waals surface area contributed by atoms with Gasteiger partial charge in [-0.25, -0.2) is 14.6 Å². The highest BCUT2D eigenvalue weighted by atomic mass is 16.6. The molecule has 2 aliphatic heterocycles. The molecule has 1 aliphatic carbocycles. The molecule has 0 radical (unpaired) electrons. The molecule has 1 saturated carbocycles. The van der Waals surface area contributed by atoms with Crippen molar-refractivity contribution in [2.45, 2.75) is 70.9 Å². The number of carbonyl (C=O) groups is 2. The van der Waals surface area contributed by atoms with Gasteiger partial charge in [-0.05, 0) is 66.0 Å². The van der Waals surface area contributed by atoms with Gasteiger partial charge in [-0.1, -0.05) is 0 Å². The van der Waals surface area contributed by atoms with Crippen LogP contribution in [0.4, 0.5) is 26.8 Å². The summed E-state index contributed by atoms with van der Waals surface area (Å²) >= 11 is 0. The summed E-state index contributed by atoms with van der Waals surface area (Å²) in [5.41, 5.74) is 3.22. The first-order valence-corrected chi connectivity index (χ1v) is 14.6. The Morgan fingerprint density at radius 1 is 1.10 bits per heavy atom. The second-order valence-corrected chi connectivity index (χ2v) is 13.1. The lowest BCUT2D eigenvalue weighted by Gasteiger charge is -2.48. The molecule has 0 aromatic carbocycles. The fraction of sp³-hybridized carbons (Fsp3) is 0.567. The Bertz CT molecular complexity index is 1550. The van der Waals surface area contributed by atoms with Crippen LogP contribution < -0.4 is 19.9 Å². The highest BCUT2D eigenvalue weighted by Crippen LogP contribution is 2.45. The van der Waals surface area contributed by atoms with Crippen molar-refractivity contribution < 1.29 is 19.1 Å². The number of aromatic nitrogens is 4. The fourth-order valence-corrected chi connectivity index (χ4v) is 5.93. The molecule has 0 spiro atoms. The molecule has 5 heterocycles. The van der Waals surface area contributed by atoms with E-state index in [1.54, 1.807) is 9.58 Å². The molecule has 2 fully saturated rings. The van der Waals surface area contributed by atoms with Crippen molar-refractivity contribution in [3.05, 3.63) is 29.6 Å². The SMILES string of the molecule is COc1nc2nn(C)cc2cc1NC(=O)N1CCc2c(N3CCN(C(=O)OC(C)(C)C)C(C)(C)C3)cc(C3CC3)nc21. The number of fused-ring (bicyclic) bond motifs is 2. The van der Waals surface area contributed by atoms with Crippen LogP contribution in [0.5, 0.6) is 5.88 Å². The Morgan fingerprint density at radius 3 is 2.52 bits per heavy atom. The van der Waals surface area contributed by atoms with E-state index in [9.17, 15) is 9.59 Å². The predicted molar refractivity (Wildman–Crippen MR) is 161 cm³/mol. The number of aryl methyl sites for hydroxylation is 1. The molecule has 3 aromatic heterocycles. The van der Waals surface area contributed by atoms with E-state index < -0.39 is 11.1 Å². The number of ether oxygens (including phenoxy) is 2. The second kappa shape index (κ2) is 10.0. The number of pyridine rings is 2. The van der Waals surface area contributed by atoms with E-state index in [-0.39, 0.29) is 12.1 Å². The average Bonchev–Trinajstić information content (AvgIpc) is 3.56. The monoisotopic (exact) mass is 576 g/mol. The summed E-state index contributed by atoms with van der Waals surface area (Å²) in [5.74, 6) is 1.42. The predicted octanol–water partition coefficient (Wildman–Crippen LogP) is 4.68. The minimum absolute atomic E-state index is 0.279. The van der Waals surface area contributed by atoms with Gasteiger partial charge in [0.15, 0.2) is 5.65 Å². The molecule has 12 heteroatoms. The van der Waals surface area contributed by atoms with Crippen LogP contribution in [0.15, 0.2) is 18.3 Å². The van der Waals surface area contributed by atoms with E-state index in [0.717, 1.165) is 35.2 Å². The van der Waals surface area contributed by atoms with Crippen LogP contribution in [0.2, 0.25) is 0 Å². The Labute approximate surface area is 246 Å². The maximum atomic E-state index is 13.7. The number of hydrogen-bond acceptors (Lipinski definition) is 8. The van der Waals surface area contributed by atoms with Crippen LogP contribution in [0.3, 0.4) is 0 Å². The molecule has 1 saturated heterocycles. The summed E-state index contributed by atoms with van der Waals surface area (Å²) in [6.45, 7) is 12.2. The molecule has 6 rings (SSSR count). The first-order chi connectivity index (χ1) is 19.8. The Kier molecular flexibility index (Phi) is 6.69. The molecule has 12 nitrogen and oxygen atoms in total. The average molecular weight is 577 g/mol. The molecule has 0 atom stereocenters. The lowest BCUT2D eigenvalue weighted by molar-refractivity contribution is 0.000360. The molecule has 3 amide bonds. The van der Waals surface area contributed by atoms with Gasteiger partial charge in [0, 0.05) is 67.7 Å². The van der Waals surface area contributed by atoms with Gasteiger partial charge in [-0.2, -0.15) is 10.1 Å². The Hall–Kier alpha value is -4.09. The maximum absolute atomic E-state index is 13.7. The third-order valence-corrected chi connectivity index (χ3v) is 8.05. The van der Waals surface area contributed by atoms with Gasteiger partial charge in [-0.15, -0.1) is 0 Å². The van der Waals surface area contributed by atoms with Gasteiger partial charge < -0.3 is 19.7 Å². The summed E-state index contributed by atoms with van der Waals surface area (Å²) in [6, 6.07) is 3.76. The molecule has 0 unspecified atom stereocenters. The molecular weight excluding hydrogens is 536 g/mol. The summed E-state index contributed by atoms with van der Waals surface area (Å²) in [5, 5.41) is 8.15. The number of nitrogens with zero attached hydrogens (tertiary/aromatic N) is 7. The van der Waals surface area contributed by atoms with Crippen LogP contribution in [-0.4, -0.2) is 81.2 Å². The zero-order valence-electron chi connectivity index (χ0n) is 25.5. The number of anilines is 3. The highest BCUT2D eigenvalue weighted by molar-refractivity contribution is 6.04. The minimum Gasteiger partial charge on any atom is -0.479 e. The van der Waals surface area contributed by atoms with E-state index in [1.807, 2.05) is 45.0 Å². The van der Waals surface area contributed by atoms with Gasteiger partial charge in [-0.3, -0.25) is 14.5 Å². The number of nitrogens with one attached hydrogen (secondary N) is 1. The summed E-state index contributed by atoms with van der Waals surface area (Å²) in [7, 11) is 3.35. The Balaban J connectivity index is 1.28. The number of methoxy groups -OCH3 is 1. The van der Waals surface area contributed by atoms with E-state index in [0.29, 0.717) is 61.6 Å². The number of urea groups is 1. The van der Waals surface area contributed by atoms with Crippen LogP contribution in [-0.2, 0) is 18.2 Å². The van der Waals surface area contributed by atoms with Crippen molar-refractivity contribution in [3.8, 4) is 5.88 Å². The van der Waals surface area contributed by atoms with Crippen LogP contribution >= 0.6 is 0 Å². The zero-order valence-corrected chi connectivity index (χ0v) is 25.5. The lowest BCUT2D eigenvalue weighted by atomic mass is 9.97. The quantitative estimate of drug-likeness (QED) is 0.476. The third kappa shape index (κ3) is 5.30. The van der Waals surface area contributed by atoms with Crippen molar-refractivity contribution in [1.29, 1.82) is 0 Å². The first-order valence-electron chi connectivity index (χ1n) is 14.6. The van der Waals surface area contributed by atoms with Crippen molar-refractivity contribution in [2.75, 3.05) is 48.4 Å². The van der Waals surface area contributed by atoms with Crippen molar-refractivity contribution in [2.24, 2.45) is 7.05 Å². The second-order valence-electron chi connectivity index (χ2n) is 13.1. The zero-order chi connectivity index (χ0) is 30.0. The number of hydrogen-bond donors (Lipinski definition) is 1. The van der Waals surface area contributed by atoms with Crippen LogP contribution in [0, 0.1) is 0 Å². The van der Waals surface area contributed by atoms with E-state index in [4.69, 9.17) is 14.5 Å². The number of amides is 3. The summed E-state index contributed by atoms with van der Waals surface area (Å²) < 4.78 is 12.9. The molecule has 0 bridgehead atoms. The largest absolute Gasteiger partial charge is 0.479 e. The van der Waals surface area contributed by atoms with E-state index >= 15 is 0 Å². The number of carbonyl (C=O) groups excluding carboxylic acids is 2. The van der Waals surface area contributed by atoms with Crippen molar-refractivity contribution in [1.82, 2.24) is 24.6 Å². The standard InChI is InChI=1S/C30H40N8O4/c1-29(2,3)42-28(40)38-13-12-36(17-30(38,4)5)23-15-21(18-8-9-18)31-25-20(23)10-11-37(25)27(39)32-22-14-19-16-35(6)34-24(19)33-26(22)41-7/h14-16,18H,8-13,17H2,1-7H3,(H,32,39). The van der Waals surface area contributed by atoms with Gasteiger partial charge in [0.25, 0.3) is 0 Å². The smallest absolute Gasteiger partial charge is 0.410 e. The minimum atomic E-state index is -0.552. The summed E-state index contributed by atoms with van der Waals surface area (Å²) in [6.07, 6.45) is 4.46. The normalized spacial score (nSPS) is 18.3. The maximum Gasteiger partial charge on any atom is 0.410 e. The van der Waals surface area contributed by atoms with Gasteiger partial charge >= 0.3 is 12.1 Å². The van der Waals surface area contributed by atoms with E-state index in [1.165, 1.54) is 7.11 Å². The van der Waals surface area contributed by atoms with Gasteiger partial charge in [0.1, 0.15) is 17.1 Å². The molecule has 3 aromatic rings. The highest BCUT2D eigenvalue weighted by Gasteiger charge is 2.41. The van der Waals surface area contributed by atoms with E-state index in [2.05, 4.69) is 40.2 Å². The molecule has 42 heavy (non-hydrogen) atoms. The number of piperazine rings is 1. The van der Waals surface area contributed by atoms with Crippen molar-refractivity contribution in [3.63, 3.8) is 0 Å². The molecule has 1 N–H and O–H groups in total. The number of rotatable bonds is 4. The fourth-order valence-electron chi connectivity index (χ4n) is 5.93. The van der Waals surface area contributed by atoms with Crippen LogP contribution in [0.25, 0.3) is 11.0 Å². The third-order valence-electron chi connectivity index (χ3n) is 8.05. The van der Waals surface area contributed by atoms with Gasteiger partial charge in [0.2, 0.25) is 5.88 Å². The van der Waals surface area contributed by atoms with Crippen molar-refractivity contribution >= 4 is 40.4 Å². The Morgan fingerprint density at radius 2 is 1.86 bits per heavy atom.